The standard InChI is InChI=1S/C52H31N3O/c1-2-14-32(15-3-1)49-53-50(33-27-29-48-42(30-33)41-21-9-13-25-47(41)56-48)55-51(54-49)34-26-28-40-39-20-8-12-24-45(39)52(46(40)31-34)43-22-10-6-18-37(43)35-16-4-5-17-36(35)38-19-7-11-23-44(38)52/h1-31H. The van der Waals surface area contributed by atoms with Gasteiger partial charge in [-0.1, -0.05) is 158 Å². The highest BCUT2D eigenvalue weighted by Crippen LogP contribution is 2.61. The summed E-state index contributed by atoms with van der Waals surface area (Å²) >= 11 is 0. The molecule has 0 radical (unpaired) electrons. The fourth-order valence-electron chi connectivity index (χ4n) is 9.40. The molecule has 2 heterocycles. The second-order valence-corrected chi connectivity index (χ2v) is 14.7. The Bertz CT molecular complexity index is 3150. The zero-order valence-corrected chi connectivity index (χ0v) is 30.1. The molecule has 8 aromatic carbocycles. The molecule has 0 saturated heterocycles. The van der Waals surface area contributed by atoms with Crippen LogP contribution in [0.25, 0.3) is 89.5 Å². The maximum absolute atomic E-state index is 6.18. The number of furan rings is 1. The van der Waals surface area contributed by atoms with Crippen LogP contribution in [0.2, 0.25) is 0 Å². The molecule has 1 spiro atoms. The first-order valence-electron chi connectivity index (χ1n) is 19.0. The minimum atomic E-state index is -0.598. The van der Waals surface area contributed by atoms with Crippen molar-refractivity contribution < 1.29 is 4.42 Å². The Hall–Kier alpha value is -7.43. The van der Waals surface area contributed by atoms with Gasteiger partial charge in [0.15, 0.2) is 17.5 Å². The number of rotatable bonds is 3. The van der Waals surface area contributed by atoms with Gasteiger partial charge in [-0.05, 0) is 86.0 Å². The highest BCUT2D eigenvalue weighted by molar-refractivity contribution is 6.06. The van der Waals surface area contributed by atoms with E-state index in [1.54, 1.807) is 0 Å². The fraction of sp³-hybridized carbons (Fsp3) is 0.0192. The van der Waals surface area contributed by atoms with Gasteiger partial charge >= 0.3 is 0 Å². The van der Waals surface area contributed by atoms with Gasteiger partial charge in [0.1, 0.15) is 11.2 Å². The number of hydrogen-bond donors (Lipinski definition) is 0. The van der Waals surface area contributed by atoms with Gasteiger partial charge in [0.25, 0.3) is 0 Å². The van der Waals surface area contributed by atoms with Crippen LogP contribution >= 0.6 is 0 Å². The van der Waals surface area contributed by atoms with Crippen LogP contribution in [0.1, 0.15) is 22.3 Å². The molecule has 4 heteroatoms. The monoisotopic (exact) mass is 713 g/mol. The summed E-state index contributed by atoms with van der Waals surface area (Å²) in [5.41, 5.74) is 16.3. The second kappa shape index (κ2) is 11.8. The molecule has 4 nitrogen and oxygen atoms in total. The number of nitrogens with zero attached hydrogens (tertiary/aromatic N) is 3. The summed E-state index contributed by atoms with van der Waals surface area (Å²) in [6, 6.07) is 67.0. The van der Waals surface area contributed by atoms with Crippen LogP contribution in [0, 0.1) is 0 Å². The van der Waals surface area contributed by atoms with Crippen LogP contribution in [0.15, 0.2) is 192 Å². The van der Waals surface area contributed by atoms with Crippen molar-refractivity contribution in [3.8, 4) is 67.5 Å². The van der Waals surface area contributed by atoms with Crippen molar-refractivity contribution in [1.29, 1.82) is 0 Å². The normalized spacial score (nSPS) is 13.1. The minimum Gasteiger partial charge on any atom is -0.456 e. The van der Waals surface area contributed by atoms with Gasteiger partial charge in [-0.15, -0.1) is 0 Å². The van der Waals surface area contributed by atoms with Gasteiger partial charge in [0.05, 0.1) is 5.41 Å². The number of hydrogen-bond acceptors (Lipinski definition) is 4. The second-order valence-electron chi connectivity index (χ2n) is 14.7. The van der Waals surface area contributed by atoms with Gasteiger partial charge in [-0.2, -0.15) is 0 Å². The molecule has 2 aliphatic carbocycles. The molecule has 10 aromatic rings. The van der Waals surface area contributed by atoms with Crippen molar-refractivity contribution in [3.63, 3.8) is 0 Å². The summed E-state index contributed by atoms with van der Waals surface area (Å²) in [6.07, 6.45) is 0. The van der Waals surface area contributed by atoms with E-state index < -0.39 is 5.41 Å². The van der Waals surface area contributed by atoms with Crippen molar-refractivity contribution in [3.05, 3.63) is 210 Å². The molecule has 0 bridgehead atoms. The maximum Gasteiger partial charge on any atom is 0.164 e. The van der Waals surface area contributed by atoms with Crippen LogP contribution in [-0.4, -0.2) is 15.0 Å². The molecule has 0 unspecified atom stereocenters. The van der Waals surface area contributed by atoms with Gasteiger partial charge < -0.3 is 4.42 Å². The maximum atomic E-state index is 6.18. The first-order valence-corrected chi connectivity index (χ1v) is 19.0. The molecular weight excluding hydrogens is 683 g/mol. The van der Waals surface area contributed by atoms with E-state index >= 15 is 0 Å². The number of benzene rings is 8. The van der Waals surface area contributed by atoms with Crippen molar-refractivity contribution in [2.45, 2.75) is 5.41 Å². The molecule has 2 aliphatic rings. The number of para-hydroxylation sites is 1. The molecule has 2 aromatic heterocycles. The van der Waals surface area contributed by atoms with Gasteiger partial charge in [-0.25, -0.2) is 15.0 Å². The number of fused-ring (bicyclic) bond motifs is 15. The van der Waals surface area contributed by atoms with Gasteiger partial charge in [-0.3, -0.25) is 0 Å². The molecule has 0 amide bonds. The Kier molecular flexibility index (Phi) is 6.52. The van der Waals surface area contributed by atoms with Crippen molar-refractivity contribution in [2.24, 2.45) is 0 Å². The molecule has 0 fully saturated rings. The molecular formula is C52H31N3O. The topological polar surface area (TPSA) is 51.8 Å². The van der Waals surface area contributed by atoms with E-state index in [0.717, 1.165) is 38.6 Å². The molecule has 0 atom stereocenters. The lowest BCUT2D eigenvalue weighted by atomic mass is 9.66. The molecule has 260 valence electrons. The highest BCUT2D eigenvalue weighted by Gasteiger charge is 2.49. The van der Waals surface area contributed by atoms with E-state index in [1.165, 1.54) is 55.6 Å². The van der Waals surface area contributed by atoms with E-state index in [-0.39, 0.29) is 0 Å². The van der Waals surface area contributed by atoms with Gasteiger partial charge in [0.2, 0.25) is 0 Å². The lowest BCUT2D eigenvalue weighted by Crippen LogP contribution is -2.29. The summed E-state index contributed by atoms with van der Waals surface area (Å²) in [5, 5.41) is 2.10. The molecule has 0 saturated carbocycles. The Balaban J connectivity index is 1.13. The zero-order valence-electron chi connectivity index (χ0n) is 30.1. The first kappa shape index (κ1) is 31.0. The van der Waals surface area contributed by atoms with Crippen LogP contribution < -0.4 is 0 Å². The lowest BCUT2D eigenvalue weighted by molar-refractivity contribution is 0.669. The van der Waals surface area contributed by atoms with E-state index in [0.29, 0.717) is 17.5 Å². The van der Waals surface area contributed by atoms with Gasteiger partial charge in [0, 0.05) is 27.5 Å². The van der Waals surface area contributed by atoms with Crippen molar-refractivity contribution in [2.75, 3.05) is 0 Å². The third kappa shape index (κ3) is 4.32. The van der Waals surface area contributed by atoms with E-state index in [2.05, 4.69) is 140 Å². The van der Waals surface area contributed by atoms with Crippen LogP contribution in [-0.2, 0) is 5.41 Å². The molecule has 0 N–H and O–H groups in total. The Morgan fingerprint density at radius 2 is 0.750 bits per heavy atom. The largest absolute Gasteiger partial charge is 0.456 e. The van der Waals surface area contributed by atoms with E-state index in [4.69, 9.17) is 19.4 Å². The Morgan fingerprint density at radius 1 is 0.304 bits per heavy atom. The summed E-state index contributed by atoms with van der Waals surface area (Å²) in [6.45, 7) is 0. The third-order valence-electron chi connectivity index (χ3n) is 11.8. The highest BCUT2D eigenvalue weighted by atomic mass is 16.3. The molecule has 12 rings (SSSR count). The fourth-order valence-corrected chi connectivity index (χ4v) is 9.40. The summed E-state index contributed by atoms with van der Waals surface area (Å²) < 4.78 is 6.18. The average Bonchev–Trinajstić information content (AvgIpc) is 3.76. The average molecular weight is 714 g/mol. The summed E-state index contributed by atoms with van der Waals surface area (Å²) in [7, 11) is 0. The predicted octanol–water partition coefficient (Wildman–Crippen LogP) is 12.8. The van der Waals surface area contributed by atoms with Crippen molar-refractivity contribution in [1.82, 2.24) is 15.0 Å². The van der Waals surface area contributed by atoms with Crippen LogP contribution in [0.4, 0.5) is 0 Å². The zero-order chi connectivity index (χ0) is 36.8. The summed E-state index contributed by atoms with van der Waals surface area (Å²) in [4.78, 5) is 15.6. The minimum absolute atomic E-state index is 0.598. The summed E-state index contributed by atoms with van der Waals surface area (Å²) in [5.74, 6) is 1.86. The Labute approximate surface area is 323 Å². The van der Waals surface area contributed by atoms with Crippen LogP contribution in [0.5, 0.6) is 0 Å². The Morgan fingerprint density at radius 3 is 1.39 bits per heavy atom. The first-order chi connectivity index (χ1) is 27.8. The lowest BCUT2D eigenvalue weighted by Gasteiger charge is -2.35. The third-order valence-corrected chi connectivity index (χ3v) is 11.8. The number of aromatic nitrogens is 3. The smallest absolute Gasteiger partial charge is 0.164 e. The SMILES string of the molecule is c1ccc(-c2nc(-c3ccc4c(c3)C3(c5ccccc5-c5ccccc5-c5ccccc53)c3ccccc3-4)nc(-c3ccc4oc5ccccc5c4c3)n2)cc1. The van der Waals surface area contributed by atoms with Crippen LogP contribution in [0.3, 0.4) is 0 Å². The quantitative estimate of drug-likeness (QED) is 0.183. The molecule has 56 heavy (non-hydrogen) atoms. The predicted molar refractivity (Wildman–Crippen MR) is 225 cm³/mol. The van der Waals surface area contributed by atoms with E-state index in [1.807, 2.05) is 48.5 Å². The molecule has 0 aliphatic heterocycles. The van der Waals surface area contributed by atoms with Crippen molar-refractivity contribution >= 4 is 21.9 Å². The van der Waals surface area contributed by atoms with E-state index in [9.17, 15) is 0 Å².